The van der Waals surface area contributed by atoms with E-state index in [2.05, 4.69) is 5.32 Å². The van der Waals surface area contributed by atoms with E-state index in [0.717, 1.165) is 24.0 Å². The number of hydrogen-bond acceptors (Lipinski definition) is 3. The average molecular weight is 467 g/mol. The van der Waals surface area contributed by atoms with Crippen molar-refractivity contribution in [3.8, 4) is 11.3 Å². The van der Waals surface area contributed by atoms with E-state index in [4.69, 9.17) is 0 Å². The molecule has 1 aromatic carbocycles. The summed E-state index contributed by atoms with van der Waals surface area (Å²) in [5.41, 5.74) is 2.42. The number of carboxylic acid groups (broad SMARTS) is 1. The first kappa shape index (κ1) is 25.7. The largest absolute Gasteiger partial charge is 0.480 e. The molecule has 1 fully saturated rings. The molecule has 1 aliphatic carbocycles. The molecule has 0 spiro atoms. The third kappa shape index (κ3) is 6.16. The van der Waals surface area contributed by atoms with Crippen LogP contribution >= 0.6 is 0 Å². The molecule has 6 nitrogen and oxygen atoms in total. The van der Waals surface area contributed by atoms with E-state index in [-0.39, 0.29) is 17.7 Å². The molecule has 1 atom stereocenters. The molecule has 1 aliphatic rings. The van der Waals surface area contributed by atoms with Crippen LogP contribution in [-0.2, 0) is 4.79 Å². The summed E-state index contributed by atoms with van der Waals surface area (Å²) in [5, 5.41) is 13.1. The summed E-state index contributed by atoms with van der Waals surface area (Å²) in [6, 6.07) is 7.89. The van der Waals surface area contributed by atoms with E-state index in [9.17, 15) is 19.5 Å². The topological polar surface area (TPSA) is 88.4 Å². The van der Waals surface area contributed by atoms with Gasteiger partial charge >= 0.3 is 5.97 Å². The molecule has 1 unspecified atom stereocenters. The molecule has 1 aromatic heterocycles. The zero-order valence-electron chi connectivity index (χ0n) is 21.1. The van der Waals surface area contributed by atoms with E-state index < -0.39 is 17.6 Å². The van der Waals surface area contributed by atoms with Crippen molar-refractivity contribution in [3.05, 3.63) is 57.4 Å². The molecular weight excluding hydrogens is 428 g/mol. The van der Waals surface area contributed by atoms with Gasteiger partial charge in [-0.25, -0.2) is 4.79 Å². The Hall–Kier alpha value is -2.89. The highest BCUT2D eigenvalue weighted by Gasteiger charge is 2.31. The van der Waals surface area contributed by atoms with Gasteiger partial charge in [-0.1, -0.05) is 69.9 Å². The van der Waals surface area contributed by atoms with Crippen LogP contribution in [0, 0.1) is 25.2 Å². The molecular formula is C28H38N2O4. The van der Waals surface area contributed by atoms with Gasteiger partial charge < -0.3 is 10.4 Å². The number of nitrogens with zero attached hydrogens (tertiary/aromatic N) is 1. The summed E-state index contributed by atoms with van der Waals surface area (Å²) in [6.45, 7) is 10.2. The first-order valence-electron chi connectivity index (χ1n) is 12.3. The van der Waals surface area contributed by atoms with Crippen LogP contribution in [0.3, 0.4) is 0 Å². The first-order chi connectivity index (χ1) is 16.0. The van der Waals surface area contributed by atoms with Gasteiger partial charge in [0, 0.05) is 18.2 Å². The van der Waals surface area contributed by atoms with Gasteiger partial charge in [0.05, 0.1) is 5.69 Å². The van der Waals surface area contributed by atoms with Gasteiger partial charge in [-0.15, -0.1) is 0 Å². The number of carboxylic acids is 1. The zero-order valence-corrected chi connectivity index (χ0v) is 21.1. The SMILES string of the molecule is Cc1ccc(-c2c(C)c(C(=O)NCC3CCCCC3)cc(=O)n2C(CC(C)(C)C)C(=O)O)cc1. The van der Waals surface area contributed by atoms with E-state index in [1.165, 1.54) is 29.9 Å². The second kappa shape index (κ2) is 10.6. The molecule has 6 heteroatoms. The van der Waals surface area contributed by atoms with Crippen LogP contribution in [0.2, 0.25) is 0 Å². The Morgan fingerprint density at radius 2 is 1.71 bits per heavy atom. The van der Waals surface area contributed by atoms with Crippen molar-refractivity contribution in [2.24, 2.45) is 11.3 Å². The minimum Gasteiger partial charge on any atom is -0.480 e. The molecule has 0 aliphatic heterocycles. The third-order valence-corrected chi connectivity index (χ3v) is 6.75. The van der Waals surface area contributed by atoms with Crippen LogP contribution in [0.15, 0.2) is 35.1 Å². The average Bonchev–Trinajstić information content (AvgIpc) is 2.78. The Bertz CT molecular complexity index is 1090. The molecule has 2 aromatic rings. The number of amides is 1. The number of carbonyl (C=O) groups excluding carboxylic acids is 1. The summed E-state index contributed by atoms with van der Waals surface area (Å²) in [5.74, 6) is -0.860. The highest BCUT2D eigenvalue weighted by molar-refractivity contribution is 5.97. The van der Waals surface area contributed by atoms with Crippen molar-refractivity contribution in [1.82, 2.24) is 9.88 Å². The van der Waals surface area contributed by atoms with Gasteiger partial charge in [0.15, 0.2) is 0 Å². The van der Waals surface area contributed by atoms with E-state index in [1.54, 1.807) is 6.92 Å². The normalized spacial score (nSPS) is 15.7. The summed E-state index contributed by atoms with van der Waals surface area (Å²) >= 11 is 0. The second-order valence-corrected chi connectivity index (χ2v) is 10.9. The number of rotatable bonds is 7. The Morgan fingerprint density at radius 3 is 2.26 bits per heavy atom. The number of benzene rings is 1. The number of pyridine rings is 1. The summed E-state index contributed by atoms with van der Waals surface area (Å²) in [7, 11) is 0. The fraction of sp³-hybridized carbons (Fsp3) is 0.536. The van der Waals surface area contributed by atoms with Gasteiger partial charge in [-0.3, -0.25) is 14.2 Å². The molecule has 0 saturated heterocycles. The molecule has 1 saturated carbocycles. The molecule has 1 amide bonds. The summed E-state index contributed by atoms with van der Waals surface area (Å²) in [6.07, 6.45) is 6.15. The summed E-state index contributed by atoms with van der Waals surface area (Å²) in [4.78, 5) is 38.9. The fourth-order valence-electron chi connectivity index (χ4n) is 4.92. The van der Waals surface area contributed by atoms with Gasteiger partial charge in [-0.05, 0) is 55.6 Å². The van der Waals surface area contributed by atoms with Gasteiger partial charge in [0.2, 0.25) is 0 Å². The molecule has 3 rings (SSSR count). The zero-order chi connectivity index (χ0) is 25.0. The molecule has 1 heterocycles. The Kier molecular flexibility index (Phi) is 8.01. The van der Waals surface area contributed by atoms with Crippen LogP contribution in [0.25, 0.3) is 11.3 Å². The molecule has 34 heavy (non-hydrogen) atoms. The predicted octanol–water partition coefficient (Wildman–Crippen LogP) is 5.50. The van der Waals surface area contributed by atoms with Crippen LogP contribution in [0.1, 0.15) is 86.8 Å². The van der Waals surface area contributed by atoms with Crippen molar-refractivity contribution in [3.63, 3.8) is 0 Å². The Morgan fingerprint density at radius 1 is 1.09 bits per heavy atom. The standard InChI is InChI=1S/C28H38N2O4/c1-18-11-13-21(14-12-18)25-19(2)22(26(32)29-17-20-9-7-6-8-10-20)15-24(31)30(25)23(27(33)34)16-28(3,4)5/h11-15,20,23H,6-10,16-17H2,1-5H3,(H,29,32)(H,33,34). The maximum Gasteiger partial charge on any atom is 0.326 e. The number of aliphatic carboxylic acids is 1. The lowest BCUT2D eigenvalue weighted by Crippen LogP contribution is -2.36. The Balaban J connectivity index is 2.10. The monoisotopic (exact) mass is 466 g/mol. The molecule has 2 N–H and O–H groups in total. The molecule has 0 bridgehead atoms. The fourth-order valence-corrected chi connectivity index (χ4v) is 4.92. The number of aromatic nitrogens is 1. The van der Waals surface area contributed by atoms with Crippen molar-refractivity contribution < 1.29 is 14.7 Å². The number of hydrogen-bond donors (Lipinski definition) is 2. The van der Waals surface area contributed by atoms with Crippen LogP contribution < -0.4 is 10.9 Å². The maximum absolute atomic E-state index is 13.4. The number of nitrogens with one attached hydrogen (secondary N) is 1. The van der Waals surface area contributed by atoms with Gasteiger partial charge in [0.1, 0.15) is 6.04 Å². The molecule has 0 radical (unpaired) electrons. The lowest BCUT2D eigenvalue weighted by molar-refractivity contribution is -0.141. The third-order valence-electron chi connectivity index (χ3n) is 6.75. The second-order valence-electron chi connectivity index (χ2n) is 10.9. The first-order valence-corrected chi connectivity index (χ1v) is 12.3. The van der Waals surface area contributed by atoms with Crippen LogP contribution in [0.4, 0.5) is 0 Å². The highest BCUT2D eigenvalue weighted by atomic mass is 16.4. The quantitative estimate of drug-likeness (QED) is 0.564. The lowest BCUT2D eigenvalue weighted by atomic mass is 9.87. The maximum atomic E-state index is 13.4. The van der Waals surface area contributed by atoms with E-state index in [1.807, 2.05) is 52.0 Å². The van der Waals surface area contributed by atoms with Gasteiger partial charge in [0.25, 0.3) is 11.5 Å². The van der Waals surface area contributed by atoms with Crippen molar-refractivity contribution in [2.75, 3.05) is 6.54 Å². The van der Waals surface area contributed by atoms with Gasteiger partial charge in [-0.2, -0.15) is 0 Å². The van der Waals surface area contributed by atoms with E-state index >= 15 is 0 Å². The molecule has 184 valence electrons. The van der Waals surface area contributed by atoms with Crippen molar-refractivity contribution >= 4 is 11.9 Å². The van der Waals surface area contributed by atoms with E-state index in [0.29, 0.717) is 29.3 Å². The van der Waals surface area contributed by atoms with Crippen molar-refractivity contribution in [2.45, 2.75) is 79.2 Å². The predicted molar refractivity (Wildman–Crippen MR) is 135 cm³/mol. The summed E-state index contributed by atoms with van der Waals surface area (Å²) < 4.78 is 1.37. The van der Waals surface area contributed by atoms with Crippen molar-refractivity contribution in [1.29, 1.82) is 0 Å². The number of carbonyl (C=O) groups is 2. The Labute approximate surface area is 202 Å². The lowest BCUT2D eigenvalue weighted by Gasteiger charge is -2.28. The van der Waals surface area contributed by atoms with Crippen LogP contribution in [-0.4, -0.2) is 28.1 Å². The smallest absolute Gasteiger partial charge is 0.326 e. The minimum absolute atomic E-state index is 0.275. The minimum atomic E-state index is -1.06. The van der Waals surface area contributed by atoms with Crippen LogP contribution in [0.5, 0.6) is 0 Å². The number of aryl methyl sites for hydroxylation is 1. The highest BCUT2D eigenvalue weighted by Crippen LogP contribution is 2.33.